The predicted molar refractivity (Wildman–Crippen MR) is 141 cm³/mol. The molecule has 6 nitrogen and oxygen atoms in total. The molecule has 1 saturated heterocycles. The van der Waals surface area contributed by atoms with Crippen molar-refractivity contribution in [3.05, 3.63) is 89.5 Å². The van der Waals surface area contributed by atoms with Gasteiger partial charge >= 0.3 is 0 Å². The molecule has 6 heteroatoms. The van der Waals surface area contributed by atoms with Gasteiger partial charge in [0.05, 0.1) is 6.61 Å². The Morgan fingerprint density at radius 3 is 2.09 bits per heavy atom. The number of amides is 2. The van der Waals surface area contributed by atoms with E-state index in [9.17, 15) is 9.59 Å². The third kappa shape index (κ3) is 6.41. The van der Waals surface area contributed by atoms with Gasteiger partial charge in [-0.1, -0.05) is 31.0 Å². The van der Waals surface area contributed by atoms with Crippen LogP contribution in [-0.2, 0) is 0 Å². The zero-order valence-electron chi connectivity index (χ0n) is 20.5. The molecule has 1 heterocycles. The fourth-order valence-electron chi connectivity index (χ4n) is 4.04. The van der Waals surface area contributed by atoms with Crippen LogP contribution in [0, 0.1) is 6.92 Å². The minimum atomic E-state index is -0.152. The van der Waals surface area contributed by atoms with Crippen LogP contribution in [0.2, 0.25) is 0 Å². The van der Waals surface area contributed by atoms with Crippen LogP contribution in [0.1, 0.15) is 46.0 Å². The molecule has 0 aromatic heterocycles. The first-order valence-electron chi connectivity index (χ1n) is 12.3. The summed E-state index contributed by atoms with van der Waals surface area (Å²) >= 11 is 0. The van der Waals surface area contributed by atoms with E-state index < -0.39 is 0 Å². The fourth-order valence-corrected chi connectivity index (χ4v) is 4.04. The number of carbonyl (C=O) groups is 2. The molecule has 182 valence electrons. The van der Waals surface area contributed by atoms with E-state index in [1.165, 1.54) is 0 Å². The van der Waals surface area contributed by atoms with E-state index in [-0.39, 0.29) is 11.8 Å². The Morgan fingerprint density at radius 2 is 1.46 bits per heavy atom. The molecule has 3 aromatic rings. The molecular formula is C29H33N3O3. The summed E-state index contributed by atoms with van der Waals surface area (Å²) in [7, 11) is 0. The van der Waals surface area contributed by atoms with Gasteiger partial charge in [0.1, 0.15) is 5.75 Å². The average molecular weight is 472 g/mol. The first-order chi connectivity index (χ1) is 17.0. The van der Waals surface area contributed by atoms with Crippen LogP contribution in [-0.4, -0.2) is 49.5 Å². The number of rotatable bonds is 8. The first-order valence-corrected chi connectivity index (χ1v) is 12.3. The maximum atomic E-state index is 12.8. The van der Waals surface area contributed by atoms with Crippen molar-refractivity contribution in [2.45, 2.75) is 26.7 Å². The van der Waals surface area contributed by atoms with E-state index in [0.717, 1.165) is 54.2 Å². The molecule has 4 rings (SSSR count). The number of unbranched alkanes of at least 4 members (excludes halogenated alkanes) is 1. The lowest BCUT2D eigenvalue weighted by Crippen LogP contribution is -2.48. The molecule has 1 fully saturated rings. The number of aryl methyl sites for hydroxylation is 1. The van der Waals surface area contributed by atoms with Gasteiger partial charge < -0.3 is 19.9 Å². The van der Waals surface area contributed by atoms with Gasteiger partial charge in [-0.15, -0.1) is 0 Å². The van der Waals surface area contributed by atoms with E-state index >= 15 is 0 Å². The quantitative estimate of drug-likeness (QED) is 0.448. The van der Waals surface area contributed by atoms with Crippen molar-refractivity contribution in [3.63, 3.8) is 0 Å². The van der Waals surface area contributed by atoms with Gasteiger partial charge in [-0.25, -0.2) is 0 Å². The fraction of sp³-hybridized carbons (Fsp3) is 0.310. The van der Waals surface area contributed by atoms with Gasteiger partial charge in [0.15, 0.2) is 0 Å². The second kappa shape index (κ2) is 11.6. The van der Waals surface area contributed by atoms with Crippen LogP contribution in [0.4, 0.5) is 11.4 Å². The van der Waals surface area contributed by atoms with Crippen molar-refractivity contribution >= 4 is 23.2 Å². The van der Waals surface area contributed by atoms with Crippen LogP contribution < -0.4 is 15.0 Å². The van der Waals surface area contributed by atoms with Gasteiger partial charge in [0.25, 0.3) is 11.8 Å². The van der Waals surface area contributed by atoms with E-state index in [4.69, 9.17) is 4.74 Å². The molecule has 1 N–H and O–H groups in total. The summed E-state index contributed by atoms with van der Waals surface area (Å²) in [5, 5.41) is 2.95. The van der Waals surface area contributed by atoms with Crippen molar-refractivity contribution in [1.29, 1.82) is 0 Å². The van der Waals surface area contributed by atoms with Crippen LogP contribution in [0.25, 0.3) is 0 Å². The number of hydrogen-bond acceptors (Lipinski definition) is 4. The van der Waals surface area contributed by atoms with Crippen molar-refractivity contribution in [1.82, 2.24) is 4.90 Å². The SMILES string of the molecule is CCCCOc1ccc(C(=O)Nc2ccc(N3CCN(C(=O)c4ccc(C)cc4)CC3)cc2)cc1. The number of nitrogens with one attached hydrogen (secondary N) is 1. The van der Waals surface area contributed by atoms with Gasteiger partial charge in [0.2, 0.25) is 0 Å². The summed E-state index contributed by atoms with van der Waals surface area (Å²) in [6, 6.07) is 22.8. The molecule has 1 aliphatic rings. The minimum Gasteiger partial charge on any atom is -0.494 e. The lowest BCUT2D eigenvalue weighted by atomic mass is 10.1. The Labute approximate surface area is 207 Å². The van der Waals surface area contributed by atoms with Crippen molar-refractivity contribution in [2.24, 2.45) is 0 Å². The highest BCUT2D eigenvalue weighted by Crippen LogP contribution is 2.21. The standard InChI is InChI=1S/C29H33N3O3/c1-3-4-21-35-27-15-9-23(10-16-27)28(33)30-25-11-13-26(14-12-25)31-17-19-32(20-18-31)29(34)24-7-5-22(2)6-8-24/h5-16H,3-4,17-21H2,1-2H3,(H,30,33). The first kappa shape index (κ1) is 24.3. The summed E-state index contributed by atoms with van der Waals surface area (Å²) in [6.07, 6.45) is 2.10. The predicted octanol–water partition coefficient (Wildman–Crippen LogP) is 5.39. The second-order valence-electron chi connectivity index (χ2n) is 8.87. The summed E-state index contributed by atoms with van der Waals surface area (Å²) in [4.78, 5) is 29.5. The topological polar surface area (TPSA) is 61.9 Å². The molecule has 1 aliphatic heterocycles. The highest BCUT2D eigenvalue weighted by Gasteiger charge is 2.22. The number of hydrogen-bond donors (Lipinski definition) is 1. The largest absolute Gasteiger partial charge is 0.494 e. The monoisotopic (exact) mass is 471 g/mol. The Balaban J connectivity index is 1.28. The van der Waals surface area contributed by atoms with Crippen molar-refractivity contribution < 1.29 is 14.3 Å². The summed E-state index contributed by atoms with van der Waals surface area (Å²) < 4.78 is 5.66. The minimum absolute atomic E-state index is 0.0864. The third-order valence-electron chi connectivity index (χ3n) is 6.24. The van der Waals surface area contributed by atoms with Crippen LogP contribution >= 0.6 is 0 Å². The molecule has 35 heavy (non-hydrogen) atoms. The second-order valence-corrected chi connectivity index (χ2v) is 8.87. The van der Waals surface area contributed by atoms with Crippen LogP contribution in [0.3, 0.4) is 0 Å². The third-order valence-corrected chi connectivity index (χ3v) is 6.24. The lowest BCUT2D eigenvalue weighted by molar-refractivity contribution is 0.0746. The zero-order valence-corrected chi connectivity index (χ0v) is 20.5. The highest BCUT2D eigenvalue weighted by molar-refractivity contribution is 6.04. The molecule has 0 atom stereocenters. The Bertz CT molecular complexity index is 1120. The Morgan fingerprint density at radius 1 is 0.829 bits per heavy atom. The molecule has 2 amide bonds. The maximum Gasteiger partial charge on any atom is 0.255 e. The van der Waals surface area contributed by atoms with Gasteiger partial charge in [-0.05, 0) is 74.0 Å². The maximum absolute atomic E-state index is 12.8. The number of carbonyl (C=O) groups excluding carboxylic acids is 2. The zero-order chi connectivity index (χ0) is 24.6. The van der Waals surface area contributed by atoms with Crippen LogP contribution in [0.15, 0.2) is 72.8 Å². The van der Waals surface area contributed by atoms with E-state index in [0.29, 0.717) is 25.3 Å². The molecule has 0 bridgehead atoms. The number of nitrogens with zero attached hydrogens (tertiary/aromatic N) is 2. The molecular weight excluding hydrogens is 438 g/mol. The van der Waals surface area contributed by atoms with E-state index in [1.54, 1.807) is 12.1 Å². The van der Waals surface area contributed by atoms with Gasteiger partial charge in [-0.3, -0.25) is 9.59 Å². The van der Waals surface area contributed by atoms with Gasteiger partial charge in [-0.2, -0.15) is 0 Å². The molecule has 0 radical (unpaired) electrons. The van der Waals surface area contributed by atoms with Crippen LogP contribution in [0.5, 0.6) is 5.75 Å². The van der Waals surface area contributed by atoms with Gasteiger partial charge in [0, 0.05) is 48.7 Å². The number of piperazine rings is 1. The summed E-state index contributed by atoms with van der Waals surface area (Å²) in [5.74, 6) is 0.712. The highest BCUT2D eigenvalue weighted by atomic mass is 16.5. The van der Waals surface area contributed by atoms with E-state index in [2.05, 4.69) is 17.1 Å². The molecule has 0 saturated carbocycles. The molecule has 0 unspecified atom stereocenters. The van der Waals surface area contributed by atoms with Crippen molar-refractivity contribution in [3.8, 4) is 5.75 Å². The van der Waals surface area contributed by atoms with Crippen molar-refractivity contribution in [2.75, 3.05) is 43.0 Å². The molecule has 3 aromatic carbocycles. The number of benzene rings is 3. The van der Waals surface area contributed by atoms with E-state index in [1.807, 2.05) is 72.5 Å². The Kier molecular flexibility index (Phi) is 8.03. The molecule has 0 aliphatic carbocycles. The lowest BCUT2D eigenvalue weighted by Gasteiger charge is -2.36. The summed E-state index contributed by atoms with van der Waals surface area (Å²) in [6.45, 7) is 7.75. The average Bonchev–Trinajstić information content (AvgIpc) is 2.90. The number of anilines is 2. The number of ether oxygens (including phenoxy) is 1. The smallest absolute Gasteiger partial charge is 0.255 e. The Hall–Kier alpha value is -3.80. The summed E-state index contributed by atoms with van der Waals surface area (Å²) in [5.41, 5.74) is 4.31. The molecule has 0 spiro atoms. The normalized spacial score (nSPS) is 13.4.